The topological polar surface area (TPSA) is 53.1 Å². The number of carbonyl (C=O) groups excluding carboxylic acids is 2. The van der Waals surface area contributed by atoms with Crippen molar-refractivity contribution in [3.05, 3.63) is 0 Å². The molecule has 1 saturated heterocycles. The molecule has 1 rings (SSSR count). The molecule has 0 aromatic heterocycles. The Hall–Kier alpha value is -0.850. The fraction of sp³-hybridized carbons (Fsp3) is 0.935. The summed E-state index contributed by atoms with van der Waals surface area (Å²) >= 11 is 0. The van der Waals surface area contributed by atoms with Crippen molar-refractivity contribution in [2.75, 3.05) is 40.3 Å². The lowest BCUT2D eigenvalue weighted by atomic mass is 9.98. The second-order valence-corrected chi connectivity index (χ2v) is 11.5. The van der Waals surface area contributed by atoms with E-state index in [-0.39, 0.29) is 18.4 Å². The molecule has 0 bridgehead atoms. The average Bonchev–Trinajstić information content (AvgIpc) is 2.90. The van der Waals surface area contributed by atoms with Gasteiger partial charge in [0.05, 0.1) is 6.61 Å². The van der Waals surface area contributed by atoms with Crippen molar-refractivity contribution in [2.45, 2.75) is 148 Å². The molecular weight excluding hydrogens is 498 g/mol. The smallest absolute Gasteiger partial charge is 0.233 e. The van der Waals surface area contributed by atoms with Crippen LogP contribution in [0, 0.1) is 0 Å². The first-order valence-corrected chi connectivity index (χ1v) is 15.9. The van der Waals surface area contributed by atoms with Gasteiger partial charge in [0.1, 0.15) is 0 Å². The normalized spacial score (nSPS) is 15.5. The fourth-order valence-electron chi connectivity index (χ4n) is 5.42. The van der Waals surface area contributed by atoms with Crippen molar-refractivity contribution >= 4 is 24.7 Å². The fourth-order valence-corrected chi connectivity index (χ4v) is 5.42. The van der Waals surface area contributed by atoms with E-state index >= 15 is 0 Å². The molecule has 1 unspecified atom stereocenters. The van der Waals surface area contributed by atoms with Crippen molar-refractivity contribution in [3.63, 3.8) is 0 Å². The molecule has 0 aromatic carbocycles. The highest BCUT2D eigenvalue weighted by Gasteiger charge is 2.26. The molecule has 1 heterocycles. The van der Waals surface area contributed by atoms with E-state index in [2.05, 4.69) is 16.7 Å². The second-order valence-electron chi connectivity index (χ2n) is 11.5. The molecule has 0 aliphatic carbocycles. The highest BCUT2D eigenvalue weighted by molar-refractivity contribution is 5.85. The predicted octanol–water partition coefficient (Wildman–Crippen LogP) is 7.78. The van der Waals surface area contributed by atoms with Crippen LogP contribution in [0.25, 0.3) is 0 Å². The molecule has 7 heteroatoms. The summed E-state index contributed by atoms with van der Waals surface area (Å²) in [4.78, 5) is 34.1. The minimum Gasteiger partial charge on any atom is -0.340 e. The van der Waals surface area contributed by atoms with Crippen LogP contribution >= 0.6 is 12.4 Å². The molecular formula is C31H62ClN3O3. The number of likely N-dealkylation sites (tertiary alicyclic amines) is 1. The Kier molecular flexibility index (Phi) is 25.8. The van der Waals surface area contributed by atoms with E-state index in [9.17, 15) is 9.59 Å². The third-order valence-corrected chi connectivity index (χ3v) is 7.75. The summed E-state index contributed by atoms with van der Waals surface area (Å²) in [5, 5.41) is 1.41. The third-order valence-electron chi connectivity index (χ3n) is 7.75. The Morgan fingerprint density at radius 1 is 0.816 bits per heavy atom. The number of piperidine rings is 1. The number of carbonyl (C=O) groups is 2. The minimum atomic E-state index is 0. The number of hydrogen-bond acceptors (Lipinski definition) is 4. The predicted molar refractivity (Wildman–Crippen MR) is 163 cm³/mol. The zero-order valence-electron chi connectivity index (χ0n) is 25.3. The lowest BCUT2D eigenvalue weighted by molar-refractivity contribution is -0.175. The van der Waals surface area contributed by atoms with E-state index in [0.717, 1.165) is 51.6 Å². The molecule has 0 saturated carbocycles. The maximum atomic E-state index is 12.9. The van der Waals surface area contributed by atoms with Crippen LogP contribution in [0.2, 0.25) is 0 Å². The molecule has 1 aliphatic heterocycles. The molecule has 1 aliphatic rings. The van der Waals surface area contributed by atoms with Crippen LogP contribution < -0.4 is 0 Å². The van der Waals surface area contributed by atoms with Gasteiger partial charge in [0.25, 0.3) is 0 Å². The SMILES string of the molecule is CCCCCCCCCCCCCCCCCC(=O)N1CCCCC1CCON(C=O)CCCN(C)C.Cl. The number of amides is 2. The number of nitrogens with zero attached hydrogens (tertiary/aromatic N) is 3. The highest BCUT2D eigenvalue weighted by Crippen LogP contribution is 2.22. The third kappa shape index (κ3) is 20.1. The summed E-state index contributed by atoms with van der Waals surface area (Å²) in [5.41, 5.74) is 0. The molecule has 0 N–H and O–H groups in total. The molecule has 0 radical (unpaired) electrons. The lowest BCUT2D eigenvalue weighted by Crippen LogP contribution is -2.44. The molecule has 226 valence electrons. The van der Waals surface area contributed by atoms with Gasteiger partial charge in [-0.25, -0.2) is 5.06 Å². The monoisotopic (exact) mass is 559 g/mol. The Morgan fingerprint density at radius 2 is 1.37 bits per heavy atom. The van der Waals surface area contributed by atoms with E-state index in [4.69, 9.17) is 4.84 Å². The summed E-state index contributed by atoms with van der Waals surface area (Å²) in [7, 11) is 4.06. The first kappa shape index (κ1) is 37.1. The van der Waals surface area contributed by atoms with Crippen LogP contribution in [0.15, 0.2) is 0 Å². The van der Waals surface area contributed by atoms with Gasteiger partial charge in [0, 0.05) is 25.6 Å². The second kappa shape index (κ2) is 26.4. The Balaban J connectivity index is 0.0000137. The van der Waals surface area contributed by atoms with Gasteiger partial charge < -0.3 is 9.80 Å². The summed E-state index contributed by atoms with van der Waals surface area (Å²) in [5.74, 6) is 0.317. The molecule has 2 amide bonds. The van der Waals surface area contributed by atoms with Crippen LogP contribution in [0.5, 0.6) is 0 Å². The van der Waals surface area contributed by atoms with Crippen LogP contribution in [0.3, 0.4) is 0 Å². The Labute approximate surface area is 242 Å². The van der Waals surface area contributed by atoms with Gasteiger partial charge >= 0.3 is 0 Å². The number of hydrogen-bond donors (Lipinski definition) is 0. The summed E-state index contributed by atoms with van der Waals surface area (Å²) in [6, 6.07) is 0.257. The summed E-state index contributed by atoms with van der Waals surface area (Å²) < 4.78 is 0. The Bertz CT molecular complexity index is 550. The maximum absolute atomic E-state index is 12.9. The molecule has 1 fully saturated rings. The number of hydroxylamine groups is 2. The summed E-state index contributed by atoms with van der Waals surface area (Å²) in [6.45, 7) is 5.19. The Morgan fingerprint density at radius 3 is 1.89 bits per heavy atom. The summed E-state index contributed by atoms with van der Waals surface area (Å²) in [6.07, 6.45) is 26.7. The average molecular weight is 560 g/mol. The maximum Gasteiger partial charge on any atom is 0.233 e. The van der Waals surface area contributed by atoms with Gasteiger partial charge in [-0.15, -0.1) is 12.4 Å². The lowest BCUT2D eigenvalue weighted by Gasteiger charge is -2.36. The molecule has 0 spiro atoms. The van der Waals surface area contributed by atoms with E-state index < -0.39 is 0 Å². The van der Waals surface area contributed by atoms with Gasteiger partial charge in [0.2, 0.25) is 12.3 Å². The van der Waals surface area contributed by atoms with Gasteiger partial charge in [-0.2, -0.15) is 0 Å². The van der Waals surface area contributed by atoms with E-state index in [0.29, 0.717) is 25.5 Å². The molecule has 0 aromatic rings. The first-order chi connectivity index (χ1) is 18.1. The number of halogens is 1. The van der Waals surface area contributed by atoms with Crippen molar-refractivity contribution in [1.29, 1.82) is 0 Å². The van der Waals surface area contributed by atoms with Crippen molar-refractivity contribution in [2.24, 2.45) is 0 Å². The number of rotatable bonds is 25. The van der Waals surface area contributed by atoms with Crippen LogP contribution in [-0.2, 0) is 14.4 Å². The molecule has 38 heavy (non-hydrogen) atoms. The van der Waals surface area contributed by atoms with Crippen LogP contribution in [-0.4, -0.2) is 73.6 Å². The van der Waals surface area contributed by atoms with E-state index in [1.165, 1.54) is 101 Å². The zero-order chi connectivity index (χ0) is 27.0. The molecule has 1 atom stereocenters. The van der Waals surface area contributed by atoms with Crippen molar-refractivity contribution < 1.29 is 14.4 Å². The standard InChI is InChI=1S/C31H61N3O3.ClH/c1-4-5-6-7-8-9-10-11-12-13-14-15-16-17-18-23-31(36)34-27-20-19-22-30(34)24-28-37-33(29-35)26-21-25-32(2)3;/h29-30H,4-28H2,1-3H3;1H. The van der Waals surface area contributed by atoms with Crippen LogP contribution in [0.4, 0.5) is 0 Å². The quantitative estimate of drug-likeness (QED) is 0.0650. The van der Waals surface area contributed by atoms with Crippen molar-refractivity contribution in [1.82, 2.24) is 14.9 Å². The minimum absolute atomic E-state index is 0. The van der Waals surface area contributed by atoms with Crippen molar-refractivity contribution in [3.8, 4) is 0 Å². The molecule has 6 nitrogen and oxygen atoms in total. The van der Waals surface area contributed by atoms with E-state index in [1.54, 1.807) is 0 Å². The van der Waals surface area contributed by atoms with Gasteiger partial charge in [-0.3, -0.25) is 14.4 Å². The van der Waals surface area contributed by atoms with Gasteiger partial charge in [-0.1, -0.05) is 96.8 Å². The highest BCUT2D eigenvalue weighted by atomic mass is 35.5. The van der Waals surface area contributed by atoms with E-state index in [1.807, 2.05) is 14.1 Å². The first-order valence-electron chi connectivity index (χ1n) is 15.9. The largest absolute Gasteiger partial charge is 0.340 e. The number of unbranched alkanes of at least 4 members (excludes halogenated alkanes) is 14. The zero-order valence-corrected chi connectivity index (χ0v) is 26.1. The van der Waals surface area contributed by atoms with Crippen LogP contribution in [0.1, 0.15) is 142 Å². The van der Waals surface area contributed by atoms with Gasteiger partial charge in [0.15, 0.2) is 0 Å². The van der Waals surface area contributed by atoms with Gasteiger partial charge in [-0.05, 0) is 59.2 Å².